The van der Waals surface area contributed by atoms with Gasteiger partial charge in [-0.05, 0) is 37.0 Å². The molecule has 2 aliphatic rings. The van der Waals surface area contributed by atoms with Gasteiger partial charge in [-0.15, -0.1) is 10.1 Å². The first-order valence-electron chi connectivity index (χ1n) is 9.56. The summed E-state index contributed by atoms with van der Waals surface area (Å²) in [6.07, 6.45) is 1.60. The van der Waals surface area contributed by atoms with Gasteiger partial charge in [-0.25, -0.2) is 0 Å². The lowest BCUT2D eigenvalue weighted by Crippen LogP contribution is -2.36. The summed E-state index contributed by atoms with van der Waals surface area (Å²) in [5.41, 5.74) is 0.990. The third kappa shape index (κ3) is 3.30. The van der Waals surface area contributed by atoms with Crippen LogP contribution in [-0.4, -0.2) is 22.8 Å². The molecule has 0 spiro atoms. The van der Waals surface area contributed by atoms with Crippen LogP contribution in [-0.2, 0) is 4.84 Å². The number of nitrogens with zero attached hydrogens (tertiary/aromatic N) is 1. The SMILES string of the molecule is O=C(c1ccccc1)C(C(=O)c1ccccc1)[C@H]1[C@@H]2CC[C@H]1[C@H](O[N+](=O)[O-])C2. The molecule has 2 fully saturated rings. The van der Waals surface area contributed by atoms with Crippen molar-refractivity contribution >= 4 is 11.6 Å². The molecule has 6 heteroatoms. The van der Waals surface area contributed by atoms with Crippen molar-refractivity contribution in [3.8, 4) is 0 Å². The van der Waals surface area contributed by atoms with E-state index in [0.29, 0.717) is 17.5 Å². The molecule has 2 saturated carbocycles. The minimum Gasteiger partial charge on any atom is -0.310 e. The molecule has 0 aromatic heterocycles. The largest absolute Gasteiger partial charge is 0.310 e. The number of Topliss-reactive ketones (excluding diaryl/α,β-unsaturated/α-hetero) is 2. The van der Waals surface area contributed by atoms with Gasteiger partial charge in [-0.1, -0.05) is 60.7 Å². The molecule has 2 aliphatic carbocycles. The van der Waals surface area contributed by atoms with Gasteiger partial charge in [-0.3, -0.25) is 9.59 Å². The molecule has 0 N–H and O–H groups in total. The Kier molecular flexibility index (Phi) is 4.94. The summed E-state index contributed by atoms with van der Waals surface area (Å²) in [5.74, 6) is -1.56. The number of ketones is 2. The lowest BCUT2D eigenvalue weighted by atomic mass is 9.75. The molecular weight excluding hydrogens is 358 g/mol. The molecule has 0 heterocycles. The fourth-order valence-corrected chi connectivity index (χ4v) is 5.11. The van der Waals surface area contributed by atoms with E-state index in [1.165, 1.54) is 0 Å². The normalized spacial score (nSPS) is 25.6. The van der Waals surface area contributed by atoms with E-state index in [9.17, 15) is 19.7 Å². The Morgan fingerprint density at radius 3 is 1.96 bits per heavy atom. The maximum Gasteiger partial charge on any atom is 0.294 e. The number of hydrogen-bond donors (Lipinski definition) is 0. The maximum atomic E-state index is 13.4. The summed E-state index contributed by atoms with van der Waals surface area (Å²) in [6, 6.07) is 17.6. The molecule has 2 aromatic carbocycles. The van der Waals surface area contributed by atoms with Gasteiger partial charge in [0, 0.05) is 11.1 Å². The zero-order chi connectivity index (χ0) is 19.7. The van der Waals surface area contributed by atoms with Gasteiger partial charge in [0.1, 0.15) is 6.10 Å². The molecule has 2 aromatic rings. The molecule has 0 unspecified atom stereocenters. The number of carbonyl (C=O) groups is 2. The van der Waals surface area contributed by atoms with Crippen molar-refractivity contribution in [3.05, 3.63) is 81.9 Å². The number of rotatable bonds is 7. The van der Waals surface area contributed by atoms with Crippen molar-refractivity contribution in [2.45, 2.75) is 25.4 Å². The Bertz CT molecular complexity index is 831. The van der Waals surface area contributed by atoms with Gasteiger partial charge < -0.3 is 4.84 Å². The van der Waals surface area contributed by atoms with E-state index in [0.717, 1.165) is 12.8 Å². The molecule has 4 atom stereocenters. The summed E-state index contributed by atoms with van der Waals surface area (Å²) < 4.78 is 0. The van der Waals surface area contributed by atoms with Crippen LogP contribution in [0.3, 0.4) is 0 Å². The highest BCUT2D eigenvalue weighted by molar-refractivity contribution is 6.16. The van der Waals surface area contributed by atoms with E-state index >= 15 is 0 Å². The van der Waals surface area contributed by atoms with E-state index in [4.69, 9.17) is 4.84 Å². The number of hydrogen-bond acceptors (Lipinski definition) is 5. The third-order valence-electron chi connectivity index (χ3n) is 6.21. The monoisotopic (exact) mass is 379 g/mol. The van der Waals surface area contributed by atoms with Gasteiger partial charge in [0.15, 0.2) is 11.6 Å². The van der Waals surface area contributed by atoms with Crippen LogP contribution >= 0.6 is 0 Å². The molecule has 2 bridgehead atoms. The van der Waals surface area contributed by atoms with Crippen molar-refractivity contribution < 1.29 is 19.5 Å². The quantitative estimate of drug-likeness (QED) is 0.314. The predicted octanol–water partition coefficient (Wildman–Crippen LogP) is 3.99. The first kappa shape index (κ1) is 18.3. The summed E-state index contributed by atoms with van der Waals surface area (Å²) in [5, 5.41) is 10.1. The van der Waals surface area contributed by atoms with Gasteiger partial charge >= 0.3 is 0 Å². The Balaban J connectivity index is 1.71. The molecule has 4 rings (SSSR count). The van der Waals surface area contributed by atoms with Gasteiger partial charge in [0.05, 0.1) is 5.92 Å². The Morgan fingerprint density at radius 2 is 1.46 bits per heavy atom. The Hall–Kier alpha value is -3.02. The fourth-order valence-electron chi connectivity index (χ4n) is 5.11. The predicted molar refractivity (Wildman–Crippen MR) is 101 cm³/mol. The first-order valence-corrected chi connectivity index (χ1v) is 9.56. The lowest BCUT2D eigenvalue weighted by molar-refractivity contribution is -0.770. The number of carbonyl (C=O) groups excluding carboxylic acids is 2. The Labute approximate surface area is 162 Å². The molecule has 6 nitrogen and oxygen atoms in total. The van der Waals surface area contributed by atoms with Crippen LogP contribution < -0.4 is 0 Å². The topological polar surface area (TPSA) is 86.5 Å². The summed E-state index contributed by atoms with van der Waals surface area (Å²) in [4.78, 5) is 42.6. The minimum absolute atomic E-state index is 0.0836. The smallest absolute Gasteiger partial charge is 0.294 e. The van der Waals surface area contributed by atoms with Crippen LogP contribution in [0, 0.1) is 33.8 Å². The summed E-state index contributed by atoms with van der Waals surface area (Å²) in [7, 11) is 0. The van der Waals surface area contributed by atoms with Crippen molar-refractivity contribution in [2.24, 2.45) is 23.7 Å². The highest BCUT2D eigenvalue weighted by atomic mass is 17.0. The van der Waals surface area contributed by atoms with Crippen molar-refractivity contribution in [1.29, 1.82) is 0 Å². The van der Waals surface area contributed by atoms with Crippen molar-refractivity contribution in [1.82, 2.24) is 0 Å². The van der Waals surface area contributed by atoms with E-state index < -0.39 is 17.1 Å². The van der Waals surface area contributed by atoms with Crippen LogP contribution in [0.15, 0.2) is 60.7 Å². The van der Waals surface area contributed by atoms with Crippen LogP contribution in [0.4, 0.5) is 0 Å². The summed E-state index contributed by atoms with van der Waals surface area (Å²) >= 11 is 0. The zero-order valence-electron chi connectivity index (χ0n) is 15.3. The zero-order valence-corrected chi connectivity index (χ0v) is 15.3. The second-order valence-electron chi connectivity index (χ2n) is 7.62. The van der Waals surface area contributed by atoms with Gasteiger partial charge in [0.2, 0.25) is 0 Å². The molecule has 144 valence electrons. The van der Waals surface area contributed by atoms with Crippen LogP contribution in [0.25, 0.3) is 0 Å². The minimum atomic E-state index is -0.845. The average Bonchev–Trinajstić information content (AvgIpc) is 3.26. The average molecular weight is 379 g/mol. The Morgan fingerprint density at radius 1 is 0.929 bits per heavy atom. The van der Waals surface area contributed by atoms with Crippen LogP contribution in [0.1, 0.15) is 40.0 Å². The molecule has 0 saturated heterocycles. The molecular formula is C22H21NO5. The number of fused-ring (bicyclic) bond motifs is 2. The molecule has 0 radical (unpaired) electrons. The highest BCUT2D eigenvalue weighted by Crippen LogP contribution is 2.54. The standard InChI is InChI=1S/C22H21NO5/c24-21(14-7-3-1-4-8-14)20(22(25)15-9-5-2-6-10-15)19-16-11-12-17(19)18(13-16)28-23(26)27/h1-10,16-20H,11-13H2/t16-,17+,18-,19+/m1/s1. The van der Waals surface area contributed by atoms with Crippen LogP contribution in [0.5, 0.6) is 0 Å². The summed E-state index contributed by atoms with van der Waals surface area (Å²) in [6.45, 7) is 0. The van der Waals surface area contributed by atoms with Crippen LogP contribution in [0.2, 0.25) is 0 Å². The van der Waals surface area contributed by atoms with E-state index in [-0.39, 0.29) is 29.3 Å². The highest BCUT2D eigenvalue weighted by Gasteiger charge is 2.55. The first-order chi connectivity index (χ1) is 13.6. The molecule has 0 amide bonds. The number of benzene rings is 2. The molecule has 28 heavy (non-hydrogen) atoms. The second kappa shape index (κ2) is 7.54. The van der Waals surface area contributed by atoms with Crippen molar-refractivity contribution in [3.63, 3.8) is 0 Å². The third-order valence-corrected chi connectivity index (χ3v) is 6.21. The maximum absolute atomic E-state index is 13.4. The van der Waals surface area contributed by atoms with E-state index in [1.807, 2.05) is 12.1 Å². The fraction of sp³-hybridized carbons (Fsp3) is 0.364. The lowest BCUT2D eigenvalue weighted by Gasteiger charge is -2.26. The van der Waals surface area contributed by atoms with Gasteiger partial charge in [-0.2, -0.15) is 0 Å². The molecule has 0 aliphatic heterocycles. The van der Waals surface area contributed by atoms with E-state index in [1.54, 1.807) is 48.5 Å². The van der Waals surface area contributed by atoms with E-state index in [2.05, 4.69) is 0 Å². The van der Waals surface area contributed by atoms with Crippen molar-refractivity contribution in [2.75, 3.05) is 0 Å². The second-order valence-corrected chi connectivity index (χ2v) is 7.62. The van der Waals surface area contributed by atoms with Gasteiger partial charge in [0.25, 0.3) is 5.09 Å².